The third kappa shape index (κ3) is 3.51. The average Bonchev–Trinajstić information content (AvgIpc) is 3.01. The highest BCUT2D eigenvalue weighted by atomic mass is 19.1. The number of pyridine rings is 2. The molecule has 138 valence electrons. The summed E-state index contributed by atoms with van der Waals surface area (Å²) in [5.41, 5.74) is 2.69. The lowest BCUT2D eigenvalue weighted by atomic mass is 10.2. The van der Waals surface area contributed by atoms with Gasteiger partial charge in [-0.25, -0.2) is 13.8 Å². The SMILES string of the molecule is COc1nc(C)c(F)cc1Cn1cc(C(O)NCCF)c2ncccc21. The zero-order valence-electron chi connectivity index (χ0n) is 14.5. The number of aryl methyl sites for hydroxylation is 1. The number of aromatic nitrogens is 3. The van der Waals surface area contributed by atoms with Crippen molar-refractivity contribution in [3.05, 3.63) is 53.2 Å². The standard InChI is InChI=1S/C18H20F2N4O2/c1-11-14(20)8-12(18(23-11)26-2)9-24-10-13(17(25)22-7-5-19)16-15(24)4-3-6-21-16/h3-4,6,8,10,17,22,25H,5,7,9H2,1-2H3. The number of nitrogens with one attached hydrogen (secondary N) is 1. The summed E-state index contributed by atoms with van der Waals surface area (Å²) in [7, 11) is 1.48. The van der Waals surface area contributed by atoms with Crippen LogP contribution in [0, 0.1) is 12.7 Å². The van der Waals surface area contributed by atoms with Gasteiger partial charge in [-0.2, -0.15) is 0 Å². The summed E-state index contributed by atoms with van der Waals surface area (Å²) in [6.07, 6.45) is 2.27. The van der Waals surface area contributed by atoms with Gasteiger partial charge in [0.15, 0.2) is 0 Å². The normalized spacial score (nSPS) is 12.5. The van der Waals surface area contributed by atoms with Gasteiger partial charge in [0.25, 0.3) is 0 Å². The van der Waals surface area contributed by atoms with Crippen molar-refractivity contribution in [3.63, 3.8) is 0 Å². The Balaban J connectivity index is 2.02. The number of fused-ring (bicyclic) bond motifs is 1. The van der Waals surface area contributed by atoms with Crippen LogP contribution < -0.4 is 10.1 Å². The van der Waals surface area contributed by atoms with Crippen LogP contribution in [0.5, 0.6) is 5.88 Å². The summed E-state index contributed by atoms with van der Waals surface area (Å²) in [5.74, 6) is -0.0763. The fourth-order valence-corrected chi connectivity index (χ4v) is 2.85. The van der Waals surface area contributed by atoms with Gasteiger partial charge in [-0.1, -0.05) is 0 Å². The van der Waals surface area contributed by atoms with Crippen LogP contribution in [0.15, 0.2) is 30.6 Å². The molecule has 8 heteroatoms. The molecule has 6 nitrogen and oxygen atoms in total. The molecule has 1 unspecified atom stereocenters. The fraction of sp³-hybridized carbons (Fsp3) is 0.333. The van der Waals surface area contributed by atoms with E-state index in [1.165, 1.54) is 13.2 Å². The van der Waals surface area contributed by atoms with Crippen molar-refractivity contribution < 1.29 is 18.6 Å². The molecule has 0 aliphatic rings. The second-order valence-electron chi connectivity index (χ2n) is 5.85. The second-order valence-corrected chi connectivity index (χ2v) is 5.85. The van der Waals surface area contributed by atoms with E-state index in [2.05, 4.69) is 15.3 Å². The number of rotatable bonds is 7. The molecule has 3 aromatic heterocycles. The first kappa shape index (κ1) is 18.2. The van der Waals surface area contributed by atoms with E-state index in [4.69, 9.17) is 4.74 Å². The molecule has 0 spiro atoms. The van der Waals surface area contributed by atoms with Crippen LogP contribution in [-0.4, -0.2) is 40.0 Å². The highest BCUT2D eigenvalue weighted by molar-refractivity contribution is 5.80. The minimum absolute atomic E-state index is 0.0294. The lowest BCUT2D eigenvalue weighted by Gasteiger charge is -2.11. The van der Waals surface area contributed by atoms with Crippen molar-refractivity contribution >= 4 is 11.0 Å². The molecule has 26 heavy (non-hydrogen) atoms. The van der Waals surface area contributed by atoms with E-state index in [0.717, 1.165) is 5.52 Å². The van der Waals surface area contributed by atoms with Gasteiger partial charge in [0.2, 0.25) is 5.88 Å². The molecular weight excluding hydrogens is 342 g/mol. The Morgan fingerprint density at radius 1 is 1.42 bits per heavy atom. The van der Waals surface area contributed by atoms with Crippen molar-refractivity contribution in [3.8, 4) is 5.88 Å². The number of aliphatic hydroxyl groups excluding tert-OH is 1. The van der Waals surface area contributed by atoms with Crippen molar-refractivity contribution in [2.45, 2.75) is 19.7 Å². The summed E-state index contributed by atoms with van der Waals surface area (Å²) in [6.45, 7) is 1.29. The molecular formula is C18H20F2N4O2. The maximum Gasteiger partial charge on any atom is 0.218 e. The number of methoxy groups -OCH3 is 1. The van der Waals surface area contributed by atoms with Crippen molar-refractivity contribution in [2.75, 3.05) is 20.3 Å². The fourth-order valence-electron chi connectivity index (χ4n) is 2.85. The van der Waals surface area contributed by atoms with Crippen molar-refractivity contribution in [1.82, 2.24) is 19.9 Å². The first-order valence-electron chi connectivity index (χ1n) is 8.16. The Hall–Kier alpha value is -2.58. The highest BCUT2D eigenvalue weighted by Crippen LogP contribution is 2.27. The topological polar surface area (TPSA) is 72.2 Å². The first-order chi connectivity index (χ1) is 12.5. The van der Waals surface area contributed by atoms with Crippen LogP contribution in [0.1, 0.15) is 23.0 Å². The Kier molecular flexibility index (Phi) is 5.43. The van der Waals surface area contributed by atoms with Gasteiger partial charge in [0.05, 0.1) is 30.4 Å². The number of halogens is 2. The Labute approximate surface area is 149 Å². The van der Waals surface area contributed by atoms with Crippen LogP contribution >= 0.6 is 0 Å². The van der Waals surface area contributed by atoms with Crippen LogP contribution in [-0.2, 0) is 6.54 Å². The zero-order valence-corrected chi connectivity index (χ0v) is 14.5. The quantitative estimate of drug-likeness (QED) is 0.632. The molecule has 0 amide bonds. The van der Waals surface area contributed by atoms with Crippen molar-refractivity contribution in [2.24, 2.45) is 0 Å². The molecule has 1 atom stereocenters. The van der Waals surface area contributed by atoms with Crippen LogP contribution in [0.2, 0.25) is 0 Å². The largest absolute Gasteiger partial charge is 0.481 e. The molecule has 0 radical (unpaired) electrons. The van der Waals surface area contributed by atoms with Gasteiger partial charge in [-0.05, 0) is 25.1 Å². The smallest absolute Gasteiger partial charge is 0.218 e. The predicted octanol–water partition coefficient (Wildman–Crippen LogP) is 2.49. The molecule has 3 heterocycles. The third-order valence-corrected chi connectivity index (χ3v) is 4.12. The predicted molar refractivity (Wildman–Crippen MR) is 93.3 cm³/mol. The minimum Gasteiger partial charge on any atom is -0.481 e. The van der Waals surface area contributed by atoms with Gasteiger partial charge in [-0.15, -0.1) is 0 Å². The maximum atomic E-state index is 14.0. The molecule has 0 saturated carbocycles. The van der Waals surface area contributed by atoms with E-state index >= 15 is 0 Å². The Morgan fingerprint density at radius 3 is 2.96 bits per heavy atom. The third-order valence-electron chi connectivity index (χ3n) is 4.12. The van der Waals surface area contributed by atoms with E-state index < -0.39 is 18.7 Å². The molecule has 0 saturated heterocycles. The van der Waals surface area contributed by atoms with E-state index in [0.29, 0.717) is 22.5 Å². The van der Waals surface area contributed by atoms with E-state index in [1.54, 1.807) is 25.4 Å². The Bertz CT molecular complexity index is 914. The van der Waals surface area contributed by atoms with E-state index in [1.807, 2.05) is 10.6 Å². The number of alkyl halides is 1. The molecule has 2 N–H and O–H groups in total. The lowest BCUT2D eigenvalue weighted by Crippen LogP contribution is -2.23. The summed E-state index contributed by atoms with van der Waals surface area (Å²) >= 11 is 0. The molecule has 0 aromatic carbocycles. The monoisotopic (exact) mass is 362 g/mol. The Morgan fingerprint density at radius 2 is 2.23 bits per heavy atom. The first-order valence-corrected chi connectivity index (χ1v) is 8.16. The van der Waals surface area contributed by atoms with Gasteiger partial charge in [-0.3, -0.25) is 10.3 Å². The van der Waals surface area contributed by atoms with Gasteiger partial charge < -0.3 is 14.4 Å². The number of ether oxygens (including phenoxy) is 1. The van der Waals surface area contributed by atoms with Crippen molar-refractivity contribution in [1.29, 1.82) is 0 Å². The summed E-state index contributed by atoms with van der Waals surface area (Å²) in [5, 5.41) is 13.0. The average molecular weight is 362 g/mol. The molecule has 0 fully saturated rings. The van der Waals surface area contributed by atoms with Gasteiger partial charge >= 0.3 is 0 Å². The summed E-state index contributed by atoms with van der Waals surface area (Å²) < 4.78 is 33.4. The molecule has 0 aliphatic carbocycles. The number of hydrogen-bond donors (Lipinski definition) is 2. The lowest BCUT2D eigenvalue weighted by molar-refractivity contribution is 0.137. The summed E-state index contributed by atoms with van der Waals surface area (Å²) in [6, 6.07) is 5.01. The number of hydrogen-bond acceptors (Lipinski definition) is 5. The second kappa shape index (κ2) is 7.76. The van der Waals surface area contributed by atoms with Gasteiger partial charge in [0.1, 0.15) is 18.7 Å². The highest BCUT2D eigenvalue weighted by Gasteiger charge is 2.18. The van der Waals surface area contributed by atoms with Crippen LogP contribution in [0.4, 0.5) is 8.78 Å². The van der Waals surface area contributed by atoms with Gasteiger partial charge in [0, 0.05) is 30.1 Å². The molecule has 0 bridgehead atoms. The minimum atomic E-state index is -1.06. The van der Waals surface area contributed by atoms with Crippen LogP contribution in [0.25, 0.3) is 11.0 Å². The van der Waals surface area contributed by atoms with E-state index in [-0.39, 0.29) is 18.8 Å². The molecule has 3 aromatic rings. The zero-order chi connectivity index (χ0) is 18.7. The number of aliphatic hydroxyl groups is 1. The molecule has 3 rings (SSSR count). The molecule has 0 aliphatic heterocycles. The maximum absolute atomic E-state index is 14.0. The van der Waals surface area contributed by atoms with E-state index in [9.17, 15) is 13.9 Å². The summed E-state index contributed by atoms with van der Waals surface area (Å²) in [4.78, 5) is 8.43. The van der Waals surface area contributed by atoms with Crippen LogP contribution in [0.3, 0.4) is 0 Å². The number of nitrogens with zero attached hydrogens (tertiary/aromatic N) is 3.